The molecule has 0 saturated carbocycles. The van der Waals surface area contributed by atoms with Crippen LogP contribution in [-0.4, -0.2) is 53.7 Å². The second-order valence-corrected chi connectivity index (χ2v) is 8.75. The van der Waals surface area contributed by atoms with Crippen LogP contribution in [0.5, 0.6) is 0 Å². The SMILES string of the molecule is CC1(C)CN(C(=O)CCNC(=O)OCC2c3ccccc3-c3ccccc32)C1C(=O)O. The fourth-order valence-corrected chi connectivity index (χ4v) is 4.69. The molecular formula is C24H26N2O5. The van der Waals surface area contributed by atoms with Crippen LogP contribution in [0.1, 0.15) is 37.3 Å². The fourth-order valence-electron chi connectivity index (χ4n) is 4.69. The summed E-state index contributed by atoms with van der Waals surface area (Å²) in [7, 11) is 0. The molecule has 0 bridgehead atoms. The van der Waals surface area contributed by atoms with Gasteiger partial charge in [-0.3, -0.25) is 4.79 Å². The van der Waals surface area contributed by atoms with Crippen molar-refractivity contribution in [2.75, 3.05) is 19.7 Å². The van der Waals surface area contributed by atoms with Gasteiger partial charge in [0, 0.05) is 30.8 Å². The van der Waals surface area contributed by atoms with Crippen LogP contribution in [0.15, 0.2) is 48.5 Å². The second-order valence-electron chi connectivity index (χ2n) is 8.75. The van der Waals surface area contributed by atoms with Gasteiger partial charge in [-0.15, -0.1) is 0 Å². The number of carbonyl (C=O) groups excluding carboxylic acids is 2. The van der Waals surface area contributed by atoms with Gasteiger partial charge in [-0.25, -0.2) is 9.59 Å². The molecule has 1 aliphatic carbocycles. The van der Waals surface area contributed by atoms with Crippen molar-refractivity contribution in [1.82, 2.24) is 10.2 Å². The van der Waals surface area contributed by atoms with E-state index in [0.717, 1.165) is 22.3 Å². The highest BCUT2D eigenvalue weighted by molar-refractivity contribution is 5.87. The van der Waals surface area contributed by atoms with E-state index in [-0.39, 0.29) is 31.4 Å². The number of carbonyl (C=O) groups is 3. The quantitative estimate of drug-likeness (QED) is 0.745. The van der Waals surface area contributed by atoms with Crippen LogP contribution in [-0.2, 0) is 14.3 Å². The molecule has 7 heteroatoms. The molecule has 2 amide bonds. The van der Waals surface area contributed by atoms with Gasteiger partial charge in [0.25, 0.3) is 0 Å². The Labute approximate surface area is 181 Å². The minimum atomic E-state index is -1.01. The number of fused-ring (bicyclic) bond motifs is 3. The van der Waals surface area contributed by atoms with Crippen LogP contribution in [0.25, 0.3) is 11.1 Å². The number of amides is 2. The Balaban J connectivity index is 1.28. The molecule has 162 valence electrons. The van der Waals surface area contributed by atoms with Crippen LogP contribution in [0.4, 0.5) is 4.79 Å². The van der Waals surface area contributed by atoms with Crippen LogP contribution in [0.2, 0.25) is 0 Å². The number of carboxylic acids is 1. The highest BCUT2D eigenvalue weighted by Gasteiger charge is 2.52. The third-order valence-corrected chi connectivity index (χ3v) is 6.14. The standard InChI is InChI=1S/C24H26N2O5/c1-24(2)14-26(21(24)22(28)29)20(27)11-12-25-23(30)31-13-19-17-9-5-3-7-15(17)16-8-4-6-10-18(16)19/h3-10,19,21H,11-14H2,1-2H3,(H,25,30)(H,28,29). The molecule has 0 radical (unpaired) electrons. The van der Waals surface area contributed by atoms with E-state index in [0.29, 0.717) is 6.54 Å². The Hall–Kier alpha value is -3.35. The maximum Gasteiger partial charge on any atom is 0.407 e. The predicted octanol–water partition coefficient (Wildman–Crippen LogP) is 3.24. The summed E-state index contributed by atoms with van der Waals surface area (Å²) in [5, 5.41) is 11.9. The summed E-state index contributed by atoms with van der Waals surface area (Å²) in [4.78, 5) is 37.2. The molecule has 31 heavy (non-hydrogen) atoms. The minimum absolute atomic E-state index is 0.0283. The Morgan fingerprint density at radius 3 is 2.19 bits per heavy atom. The minimum Gasteiger partial charge on any atom is -0.480 e. The predicted molar refractivity (Wildman–Crippen MR) is 115 cm³/mol. The third-order valence-electron chi connectivity index (χ3n) is 6.14. The van der Waals surface area contributed by atoms with Gasteiger partial charge < -0.3 is 20.1 Å². The summed E-state index contributed by atoms with van der Waals surface area (Å²) in [6.07, 6.45) is -0.558. The third kappa shape index (κ3) is 3.87. The van der Waals surface area contributed by atoms with E-state index >= 15 is 0 Å². The number of hydrogen-bond acceptors (Lipinski definition) is 4. The number of alkyl carbamates (subject to hydrolysis) is 1. The van der Waals surface area contributed by atoms with Crippen molar-refractivity contribution in [3.05, 3.63) is 59.7 Å². The summed E-state index contributed by atoms with van der Waals surface area (Å²) in [5.41, 5.74) is 4.13. The van der Waals surface area contributed by atoms with Crippen molar-refractivity contribution in [2.24, 2.45) is 5.41 Å². The summed E-state index contributed by atoms with van der Waals surface area (Å²) in [6, 6.07) is 15.4. The zero-order chi connectivity index (χ0) is 22.2. The molecule has 0 aromatic heterocycles. The molecular weight excluding hydrogens is 396 g/mol. The number of likely N-dealkylation sites (tertiary alicyclic amines) is 1. The number of rotatable bonds is 6. The van der Waals surface area contributed by atoms with Gasteiger partial charge in [-0.1, -0.05) is 62.4 Å². The van der Waals surface area contributed by atoms with E-state index in [2.05, 4.69) is 17.4 Å². The topological polar surface area (TPSA) is 95.9 Å². The Bertz CT molecular complexity index is 987. The van der Waals surface area contributed by atoms with Gasteiger partial charge >= 0.3 is 12.1 Å². The van der Waals surface area contributed by atoms with Crippen molar-refractivity contribution < 1.29 is 24.2 Å². The second kappa shape index (κ2) is 8.06. The van der Waals surface area contributed by atoms with Crippen molar-refractivity contribution >= 4 is 18.0 Å². The highest BCUT2D eigenvalue weighted by Crippen LogP contribution is 2.44. The molecule has 1 unspecified atom stereocenters. The molecule has 7 nitrogen and oxygen atoms in total. The molecule has 0 spiro atoms. The van der Waals surface area contributed by atoms with E-state index in [1.807, 2.05) is 50.2 Å². The molecule has 1 heterocycles. The highest BCUT2D eigenvalue weighted by atomic mass is 16.5. The van der Waals surface area contributed by atoms with Crippen LogP contribution in [0, 0.1) is 5.41 Å². The molecule has 1 atom stereocenters. The molecule has 1 saturated heterocycles. The van der Waals surface area contributed by atoms with Gasteiger partial charge in [-0.2, -0.15) is 0 Å². The zero-order valence-corrected chi connectivity index (χ0v) is 17.6. The normalized spacial score (nSPS) is 18.5. The number of benzene rings is 2. The average molecular weight is 422 g/mol. The Kier molecular flexibility index (Phi) is 5.43. The lowest BCUT2D eigenvalue weighted by Gasteiger charge is -2.51. The van der Waals surface area contributed by atoms with Gasteiger partial charge in [-0.05, 0) is 22.3 Å². The smallest absolute Gasteiger partial charge is 0.407 e. The van der Waals surface area contributed by atoms with Crippen LogP contribution < -0.4 is 5.32 Å². The van der Waals surface area contributed by atoms with Crippen LogP contribution in [0.3, 0.4) is 0 Å². The summed E-state index contributed by atoms with van der Waals surface area (Å²) in [5.74, 6) is -1.32. The first-order chi connectivity index (χ1) is 14.8. The molecule has 2 aromatic rings. The summed E-state index contributed by atoms with van der Waals surface area (Å²) >= 11 is 0. The van der Waals surface area contributed by atoms with Crippen molar-refractivity contribution in [3.63, 3.8) is 0 Å². The first kappa shape index (κ1) is 20.9. The monoisotopic (exact) mass is 422 g/mol. The number of nitrogens with one attached hydrogen (secondary N) is 1. The van der Waals surface area contributed by atoms with Crippen LogP contribution >= 0.6 is 0 Å². The van der Waals surface area contributed by atoms with E-state index in [4.69, 9.17) is 4.74 Å². The number of carboxylic acid groups (broad SMARTS) is 1. The summed E-state index contributed by atoms with van der Waals surface area (Å²) < 4.78 is 5.45. The largest absolute Gasteiger partial charge is 0.480 e. The lowest BCUT2D eigenvalue weighted by atomic mass is 9.74. The van der Waals surface area contributed by atoms with E-state index in [9.17, 15) is 19.5 Å². The first-order valence-corrected chi connectivity index (χ1v) is 10.4. The maximum absolute atomic E-state index is 12.3. The molecule has 2 N–H and O–H groups in total. The van der Waals surface area contributed by atoms with E-state index < -0.39 is 23.5 Å². The number of nitrogens with zero attached hydrogens (tertiary/aromatic N) is 1. The van der Waals surface area contributed by atoms with Gasteiger partial charge in [0.1, 0.15) is 12.6 Å². The molecule has 2 aromatic carbocycles. The number of hydrogen-bond donors (Lipinski definition) is 2. The number of aliphatic carboxylic acids is 1. The van der Waals surface area contributed by atoms with E-state index in [1.165, 1.54) is 4.90 Å². The van der Waals surface area contributed by atoms with Crippen molar-refractivity contribution in [2.45, 2.75) is 32.2 Å². The van der Waals surface area contributed by atoms with Gasteiger partial charge in [0.2, 0.25) is 5.91 Å². The molecule has 4 rings (SSSR count). The number of ether oxygens (including phenoxy) is 1. The summed E-state index contributed by atoms with van der Waals surface area (Å²) in [6.45, 7) is 4.34. The van der Waals surface area contributed by atoms with Crippen molar-refractivity contribution in [3.8, 4) is 11.1 Å². The molecule has 1 fully saturated rings. The van der Waals surface area contributed by atoms with Crippen molar-refractivity contribution in [1.29, 1.82) is 0 Å². The van der Waals surface area contributed by atoms with E-state index in [1.54, 1.807) is 0 Å². The lowest BCUT2D eigenvalue weighted by molar-refractivity contribution is -0.171. The van der Waals surface area contributed by atoms with Gasteiger partial charge in [0.05, 0.1) is 0 Å². The van der Waals surface area contributed by atoms with Gasteiger partial charge in [0.15, 0.2) is 0 Å². The first-order valence-electron chi connectivity index (χ1n) is 10.4. The zero-order valence-electron chi connectivity index (χ0n) is 17.6. The Morgan fingerprint density at radius 1 is 1.06 bits per heavy atom. The maximum atomic E-state index is 12.3. The molecule has 2 aliphatic rings. The average Bonchev–Trinajstić information content (AvgIpc) is 3.04. The fraction of sp³-hybridized carbons (Fsp3) is 0.375. The lowest BCUT2D eigenvalue weighted by Crippen LogP contribution is -2.67. The Morgan fingerprint density at radius 2 is 1.65 bits per heavy atom. The molecule has 1 aliphatic heterocycles.